The van der Waals surface area contributed by atoms with Crippen LogP contribution in [0.15, 0.2) is 24.8 Å². The second-order valence-electron chi connectivity index (χ2n) is 2.39. The van der Waals surface area contributed by atoms with Crippen LogP contribution in [0.5, 0.6) is 0 Å². The van der Waals surface area contributed by atoms with E-state index in [1.807, 2.05) is 25.1 Å². The van der Waals surface area contributed by atoms with Crippen molar-refractivity contribution in [2.24, 2.45) is 0 Å². The molecule has 0 fully saturated rings. The molecule has 1 aromatic rings. The van der Waals surface area contributed by atoms with E-state index in [0.717, 1.165) is 23.3 Å². The quantitative estimate of drug-likeness (QED) is 0.681. The third-order valence-electron chi connectivity index (χ3n) is 1.78. The molecule has 0 saturated carbocycles. The van der Waals surface area contributed by atoms with Crippen molar-refractivity contribution in [2.75, 3.05) is 0 Å². The summed E-state index contributed by atoms with van der Waals surface area (Å²) in [5, 5.41) is 8.78. The molecule has 0 unspecified atom stereocenters. The maximum Gasteiger partial charge on any atom is 0.109 e. The van der Waals surface area contributed by atoms with Gasteiger partial charge in [0.05, 0.1) is 0 Å². The maximum atomic E-state index is 8.78. The Morgan fingerprint density at radius 2 is 2.00 bits per heavy atom. The van der Waals surface area contributed by atoms with Crippen molar-refractivity contribution in [3.63, 3.8) is 0 Å². The van der Waals surface area contributed by atoms with E-state index >= 15 is 0 Å². The summed E-state index contributed by atoms with van der Waals surface area (Å²) in [7, 11) is 0. The summed E-state index contributed by atoms with van der Waals surface area (Å²) in [5.41, 5.74) is 2.97. The fraction of sp³-hybridized carbons (Fsp3) is 0.100. The van der Waals surface area contributed by atoms with Crippen LogP contribution < -0.4 is 0 Å². The van der Waals surface area contributed by atoms with E-state index in [4.69, 9.17) is 5.11 Å². The Morgan fingerprint density at radius 1 is 1.36 bits per heavy atom. The summed E-state index contributed by atoms with van der Waals surface area (Å²) in [5.74, 6) is 0. The normalized spacial score (nSPS) is 9.64. The van der Waals surface area contributed by atoms with E-state index in [0.29, 0.717) is 0 Å². The number of rotatable bonds is 2. The van der Waals surface area contributed by atoms with Gasteiger partial charge in [-0.05, 0) is 23.6 Å². The molecule has 1 rings (SSSR count). The minimum absolute atomic E-state index is 0.849. The summed E-state index contributed by atoms with van der Waals surface area (Å²) in [4.78, 5) is 0. The highest BCUT2D eigenvalue weighted by molar-refractivity contribution is 5.54. The number of hydrogen-bond donors (Lipinski definition) is 1. The Kier molecular flexibility index (Phi) is 2.44. The van der Waals surface area contributed by atoms with Crippen molar-refractivity contribution in [1.82, 2.24) is 0 Å². The Labute approximate surface area is 67.0 Å². The highest BCUT2D eigenvalue weighted by Gasteiger charge is 1.98. The van der Waals surface area contributed by atoms with Gasteiger partial charge in [0, 0.05) is 0 Å². The minimum Gasteiger partial charge on any atom is -0.385 e. The van der Waals surface area contributed by atoms with Crippen molar-refractivity contribution < 1.29 is 5.11 Å². The molecule has 57 valence electrons. The minimum atomic E-state index is 0.849. The van der Waals surface area contributed by atoms with Gasteiger partial charge in [0.1, 0.15) is 6.61 Å². The zero-order valence-electron chi connectivity index (χ0n) is 6.54. The van der Waals surface area contributed by atoms with Crippen molar-refractivity contribution in [1.29, 1.82) is 0 Å². The summed E-state index contributed by atoms with van der Waals surface area (Å²) in [6.45, 7) is 6.74. The van der Waals surface area contributed by atoms with Gasteiger partial charge in [-0.3, -0.25) is 0 Å². The van der Waals surface area contributed by atoms with Gasteiger partial charge in [-0.2, -0.15) is 0 Å². The molecule has 0 aliphatic heterocycles. The van der Waals surface area contributed by atoms with Gasteiger partial charge in [0.2, 0.25) is 0 Å². The first-order valence-corrected chi connectivity index (χ1v) is 3.49. The summed E-state index contributed by atoms with van der Waals surface area (Å²) < 4.78 is 0. The van der Waals surface area contributed by atoms with Crippen LogP contribution in [0.2, 0.25) is 0 Å². The van der Waals surface area contributed by atoms with Crippen molar-refractivity contribution >= 4 is 6.08 Å². The molecule has 0 atom stereocenters. The lowest BCUT2D eigenvalue weighted by Crippen LogP contribution is -1.88. The summed E-state index contributed by atoms with van der Waals surface area (Å²) in [6, 6.07) is 5.73. The number of aliphatic hydroxyl groups excluding tert-OH is 1. The first kappa shape index (κ1) is 8.02. The van der Waals surface area contributed by atoms with Crippen LogP contribution in [0.1, 0.15) is 16.7 Å². The van der Waals surface area contributed by atoms with E-state index < -0.39 is 0 Å². The lowest BCUT2D eigenvalue weighted by Gasteiger charge is -2.03. The molecule has 0 saturated heterocycles. The first-order chi connectivity index (χ1) is 5.29. The summed E-state index contributed by atoms with van der Waals surface area (Å²) >= 11 is 0. The Hall–Kier alpha value is -1.08. The van der Waals surface area contributed by atoms with Gasteiger partial charge in [-0.25, -0.2) is 0 Å². The molecule has 0 aliphatic carbocycles. The molecule has 11 heavy (non-hydrogen) atoms. The van der Waals surface area contributed by atoms with E-state index in [2.05, 4.69) is 6.58 Å². The lowest BCUT2D eigenvalue weighted by atomic mass is 10.0. The Morgan fingerprint density at radius 3 is 2.55 bits per heavy atom. The number of hydrogen-bond acceptors (Lipinski definition) is 1. The largest absolute Gasteiger partial charge is 0.385 e. The highest BCUT2D eigenvalue weighted by atomic mass is 16.3. The van der Waals surface area contributed by atoms with Crippen LogP contribution in [0.25, 0.3) is 6.08 Å². The zero-order chi connectivity index (χ0) is 8.27. The van der Waals surface area contributed by atoms with Crippen LogP contribution in [0.3, 0.4) is 0 Å². The third kappa shape index (κ3) is 1.49. The van der Waals surface area contributed by atoms with Crippen molar-refractivity contribution in [2.45, 2.75) is 6.92 Å². The molecule has 1 nitrogen and oxygen atoms in total. The molecule has 0 amide bonds. The van der Waals surface area contributed by atoms with Crippen LogP contribution in [-0.4, -0.2) is 5.11 Å². The predicted molar refractivity (Wildman–Crippen MR) is 46.6 cm³/mol. The van der Waals surface area contributed by atoms with Gasteiger partial charge in [-0.15, -0.1) is 0 Å². The average Bonchev–Trinajstić information content (AvgIpc) is 2.05. The van der Waals surface area contributed by atoms with Gasteiger partial charge >= 0.3 is 0 Å². The van der Waals surface area contributed by atoms with Gasteiger partial charge < -0.3 is 5.11 Å². The SMILES string of the molecule is C=Cc1cccc([CH]O)c1C. The predicted octanol–water partition coefficient (Wildman–Crippen LogP) is 2.52. The van der Waals surface area contributed by atoms with Gasteiger partial charge in [-0.1, -0.05) is 30.9 Å². The molecular weight excluding hydrogens is 136 g/mol. The molecule has 0 spiro atoms. The topological polar surface area (TPSA) is 20.2 Å². The van der Waals surface area contributed by atoms with E-state index in [9.17, 15) is 0 Å². The monoisotopic (exact) mass is 147 g/mol. The van der Waals surface area contributed by atoms with Crippen LogP contribution in [0.4, 0.5) is 0 Å². The standard InChI is InChI=1S/C10H11O/c1-3-9-5-4-6-10(7-11)8(9)2/h3-7,11H,1H2,2H3. The Bertz CT molecular complexity index is 264. The van der Waals surface area contributed by atoms with E-state index in [1.54, 1.807) is 6.08 Å². The van der Waals surface area contributed by atoms with Gasteiger partial charge in [0.15, 0.2) is 0 Å². The number of aliphatic hydroxyl groups is 1. The maximum absolute atomic E-state index is 8.78. The summed E-state index contributed by atoms with van der Waals surface area (Å²) in [6.07, 6.45) is 1.78. The molecule has 0 aromatic heterocycles. The van der Waals surface area contributed by atoms with Crippen LogP contribution in [0, 0.1) is 13.5 Å². The second kappa shape index (κ2) is 3.35. The molecule has 1 N–H and O–H groups in total. The molecule has 1 aromatic carbocycles. The van der Waals surface area contributed by atoms with Crippen molar-refractivity contribution in [3.8, 4) is 0 Å². The fourth-order valence-corrected chi connectivity index (χ4v) is 1.03. The molecule has 1 radical (unpaired) electrons. The Balaban J connectivity index is 3.20. The third-order valence-corrected chi connectivity index (χ3v) is 1.78. The molecule has 1 heteroatoms. The van der Waals surface area contributed by atoms with Crippen LogP contribution in [-0.2, 0) is 0 Å². The zero-order valence-corrected chi connectivity index (χ0v) is 6.54. The van der Waals surface area contributed by atoms with Gasteiger partial charge in [0.25, 0.3) is 0 Å². The first-order valence-electron chi connectivity index (χ1n) is 3.49. The average molecular weight is 147 g/mol. The van der Waals surface area contributed by atoms with Crippen LogP contribution >= 0.6 is 0 Å². The molecule has 0 aliphatic rings. The smallest absolute Gasteiger partial charge is 0.109 e. The van der Waals surface area contributed by atoms with E-state index in [-0.39, 0.29) is 0 Å². The van der Waals surface area contributed by atoms with E-state index in [1.165, 1.54) is 0 Å². The second-order valence-corrected chi connectivity index (χ2v) is 2.39. The molecule has 0 bridgehead atoms. The molecule has 0 heterocycles. The van der Waals surface area contributed by atoms with Crippen molar-refractivity contribution in [3.05, 3.63) is 48.1 Å². The lowest BCUT2D eigenvalue weighted by molar-refractivity contribution is 0.414. The fourth-order valence-electron chi connectivity index (χ4n) is 1.03. The molecular formula is C10H11O. The number of benzene rings is 1. The highest BCUT2D eigenvalue weighted by Crippen LogP contribution is 2.14.